The van der Waals surface area contributed by atoms with Gasteiger partial charge >= 0.3 is 0 Å². The van der Waals surface area contributed by atoms with Crippen LogP contribution in [0.1, 0.15) is 31.9 Å². The average Bonchev–Trinajstić information content (AvgIpc) is 2.50. The van der Waals surface area contributed by atoms with Crippen molar-refractivity contribution in [2.45, 2.75) is 32.4 Å². The number of piperazine rings is 1. The molecule has 1 aromatic rings. The molecule has 1 saturated heterocycles. The summed E-state index contributed by atoms with van der Waals surface area (Å²) in [6, 6.07) is 3.12. The number of carbonyl (C=O) groups excluding carboxylic acids is 1. The van der Waals surface area contributed by atoms with Gasteiger partial charge in [-0.2, -0.15) is 0 Å². The normalized spacial score (nSPS) is 18.2. The van der Waals surface area contributed by atoms with Gasteiger partial charge in [-0.3, -0.25) is 9.69 Å². The third-order valence-corrected chi connectivity index (χ3v) is 4.16. The van der Waals surface area contributed by atoms with Gasteiger partial charge in [-0.25, -0.2) is 8.78 Å². The first-order valence-electron chi connectivity index (χ1n) is 7.67. The van der Waals surface area contributed by atoms with Gasteiger partial charge in [-0.1, -0.05) is 13.0 Å². The summed E-state index contributed by atoms with van der Waals surface area (Å²) in [5.41, 5.74) is 6.13. The molecule has 7 heteroatoms. The highest BCUT2D eigenvalue weighted by atomic mass is 35.5. The number of nitrogens with two attached hydrogens (primary N) is 1. The Morgan fingerprint density at radius 1 is 1.26 bits per heavy atom. The Hall–Kier alpha value is -1.24. The van der Waals surface area contributed by atoms with E-state index >= 15 is 0 Å². The summed E-state index contributed by atoms with van der Waals surface area (Å²) in [5, 5.41) is 0. The highest BCUT2D eigenvalue weighted by Gasteiger charge is 2.28. The van der Waals surface area contributed by atoms with Crippen LogP contribution in [0.25, 0.3) is 0 Å². The molecule has 1 aliphatic heterocycles. The number of benzene rings is 1. The van der Waals surface area contributed by atoms with Crippen LogP contribution < -0.4 is 5.73 Å². The van der Waals surface area contributed by atoms with E-state index in [1.165, 1.54) is 12.1 Å². The molecule has 1 fully saturated rings. The van der Waals surface area contributed by atoms with Crippen LogP contribution in [0.5, 0.6) is 0 Å². The van der Waals surface area contributed by atoms with Crippen LogP contribution in [0.2, 0.25) is 0 Å². The van der Waals surface area contributed by atoms with Gasteiger partial charge in [0.1, 0.15) is 11.6 Å². The lowest BCUT2D eigenvalue weighted by Gasteiger charge is -2.39. The van der Waals surface area contributed by atoms with E-state index in [1.54, 1.807) is 11.8 Å². The van der Waals surface area contributed by atoms with E-state index in [1.807, 2.05) is 6.92 Å². The van der Waals surface area contributed by atoms with Crippen LogP contribution in [-0.4, -0.2) is 47.9 Å². The topological polar surface area (TPSA) is 49.6 Å². The van der Waals surface area contributed by atoms with Crippen LogP contribution in [0.4, 0.5) is 8.78 Å². The second kappa shape index (κ2) is 8.57. The lowest BCUT2D eigenvalue weighted by molar-refractivity contribution is -0.134. The smallest absolute Gasteiger partial charge is 0.239 e. The van der Waals surface area contributed by atoms with Gasteiger partial charge in [0, 0.05) is 43.9 Å². The summed E-state index contributed by atoms with van der Waals surface area (Å²) in [6.45, 7) is 6.14. The molecular formula is C16H24ClF2N3O. The van der Waals surface area contributed by atoms with E-state index in [-0.39, 0.29) is 24.4 Å². The zero-order valence-electron chi connectivity index (χ0n) is 13.5. The Morgan fingerprint density at radius 2 is 1.87 bits per heavy atom. The maximum Gasteiger partial charge on any atom is 0.239 e. The Bertz CT molecular complexity index is 534. The van der Waals surface area contributed by atoms with Gasteiger partial charge < -0.3 is 10.6 Å². The van der Waals surface area contributed by atoms with Gasteiger partial charge in [0.2, 0.25) is 5.91 Å². The van der Waals surface area contributed by atoms with Gasteiger partial charge in [-0.15, -0.1) is 12.4 Å². The molecule has 4 nitrogen and oxygen atoms in total. The monoisotopic (exact) mass is 347 g/mol. The lowest BCUT2D eigenvalue weighted by atomic mass is 10.0. The Kier molecular flexibility index (Phi) is 7.38. The fourth-order valence-electron chi connectivity index (χ4n) is 2.99. The van der Waals surface area contributed by atoms with E-state index in [0.717, 1.165) is 12.5 Å². The fraction of sp³-hybridized carbons (Fsp3) is 0.562. The van der Waals surface area contributed by atoms with E-state index in [9.17, 15) is 13.6 Å². The number of carbonyl (C=O) groups is 1. The van der Waals surface area contributed by atoms with Crippen LogP contribution >= 0.6 is 12.4 Å². The fourth-order valence-corrected chi connectivity index (χ4v) is 2.99. The first kappa shape index (κ1) is 19.8. The van der Waals surface area contributed by atoms with Crippen molar-refractivity contribution < 1.29 is 13.6 Å². The molecule has 0 saturated carbocycles. The van der Waals surface area contributed by atoms with Crippen molar-refractivity contribution >= 4 is 18.3 Å². The predicted molar refractivity (Wildman–Crippen MR) is 88.4 cm³/mol. The van der Waals surface area contributed by atoms with Crippen molar-refractivity contribution in [2.24, 2.45) is 5.73 Å². The van der Waals surface area contributed by atoms with Crippen molar-refractivity contribution in [1.82, 2.24) is 9.80 Å². The molecule has 1 aromatic carbocycles. The van der Waals surface area contributed by atoms with Crippen LogP contribution in [0, 0.1) is 11.6 Å². The number of halogens is 3. The highest BCUT2D eigenvalue weighted by molar-refractivity contribution is 5.85. The number of hydrogen-bond donors (Lipinski definition) is 1. The third kappa shape index (κ3) is 4.62. The minimum absolute atomic E-state index is 0. The minimum Gasteiger partial charge on any atom is -0.339 e. The summed E-state index contributed by atoms with van der Waals surface area (Å²) in [5.74, 6) is -1.13. The molecule has 1 heterocycles. The first-order valence-corrected chi connectivity index (χ1v) is 7.67. The molecule has 0 spiro atoms. The summed E-state index contributed by atoms with van der Waals surface area (Å²) in [7, 11) is 0. The number of amides is 1. The van der Waals surface area contributed by atoms with Crippen molar-refractivity contribution in [3.8, 4) is 0 Å². The van der Waals surface area contributed by atoms with Crippen molar-refractivity contribution in [3.63, 3.8) is 0 Å². The Balaban J connectivity index is 0.00000264. The largest absolute Gasteiger partial charge is 0.339 e. The molecule has 2 atom stereocenters. The van der Waals surface area contributed by atoms with E-state index in [2.05, 4.69) is 4.90 Å². The minimum atomic E-state index is -0.566. The standard InChI is InChI=1S/C16H23F2N3O.ClH/c1-3-15(13-5-4-12(17)10-14(13)18)20-6-8-21(9-7-20)16(22)11(2)19;/h4-5,10-11,15H,3,6-9,19H2,1-2H3;1H. The summed E-state index contributed by atoms with van der Waals surface area (Å²) in [6.07, 6.45) is 0.726. The SMILES string of the molecule is CCC(c1ccc(F)cc1F)N1CCN(C(=O)C(C)N)CC1.Cl. The number of nitrogens with zero attached hydrogens (tertiary/aromatic N) is 2. The first-order chi connectivity index (χ1) is 10.4. The quantitative estimate of drug-likeness (QED) is 0.909. The average molecular weight is 348 g/mol. The highest BCUT2D eigenvalue weighted by Crippen LogP contribution is 2.28. The number of rotatable bonds is 4. The lowest BCUT2D eigenvalue weighted by Crippen LogP contribution is -2.53. The maximum absolute atomic E-state index is 14.0. The van der Waals surface area contributed by atoms with Gasteiger partial charge in [0.15, 0.2) is 0 Å². The molecule has 23 heavy (non-hydrogen) atoms. The zero-order valence-corrected chi connectivity index (χ0v) is 14.3. The summed E-state index contributed by atoms with van der Waals surface area (Å²) < 4.78 is 27.1. The van der Waals surface area contributed by atoms with Crippen LogP contribution in [0.3, 0.4) is 0 Å². The molecule has 130 valence electrons. The van der Waals surface area contributed by atoms with E-state index < -0.39 is 17.7 Å². The molecule has 0 radical (unpaired) electrons. The summed E-state index contributed by atoms with van der Waals surface area (Å²) in [4.78, 5) is 15.8. The summed E-state index contributed by atoms with van der Waals surface area (Å²) >= 11 is 0. The second-order valence-corrected chi connectivity index (χ2v) is 5.74. The molecule has 2 unspecified atom stereocenters. The Morgan fingerprint density at radius 3 is 2.35 bits per heavy atom. The zero-order chi connectivity index (χ0) is 16.3. The van der Waals surface area contributed by atoms with Crippen molar-refractivity contribution in [1.29, 1.82) is 0 Å². The molecule has 0 aliphatic carbocycles. The molecule has 0 aromatic heterocycles. The third-order valence-electron chi connectivity index (χ3n) is 4.16. The molecular weight excluding hydrogens is 324 g/mol. The van der Waals surface area contributed by atoms with Gasteiger partial charge in [0.05, 0.1) is 6.04 Å². The Labute approximate surface area is 142 Å². The predicted octanol–water partition coefficient (Wildman–Crippen LogP) is 2.33. The van der Waals surface area contributed by atoms with Crippen molar-refractivity contribution in [2.75, 3.05) is 26.2 Å². The van der Waals surface area contributed by atoms with Crippen LogP contribution in [-0.2, 0) is 4.79 Å². The van der Waals surface area contributed by atoms with E-state index in [4.69, 9.17) is 5.73 Å². The van der Waals surface area contributed by atoms with Crippen molar-refractivity contribution in [3.05, 3.63) is 35.4 Å². The number of hydrogen-bond acceptors (Lipinski definition) is 3. The molecule has 1 aliphatic rings. The van der Waals surface area contributed by atoms with E-state index in [0.29, 0.717) is 31.7 Å². The maximum atomic E-state index is 14.0. The van der Waals surface area contributed by atoms with Crippen LogP contribution in [0.15, 0.2) is 18.2 Å². The molecule has 2 N–H and O–H groups in total. The van der Waals surface area contributed by atoms with Gasteiger partial charge in [0.25, 0.3) is 0 Å². The van der Waals surface area contributed by atoms with Gasteiger partial charge in [-0.05, 0) is 19.4 Å². The molecule has 2 rings (SSSR count). The molecule has 1 amide bonds. The second-order valence-electron chi connectivity index (χ2n) is 5.74. The molecule has 0 bridgehead atoms.